The van der Waals surface area contributed by atoms with Crippen molar-refractivity contribution >= 4 is 0 Å². The van der Waals surface area contributed by atoms with Gasteiger partial charge in [-0.1, -0.05) is 44.9 Å². The molecular formula is C19H29F3O4. The predicted molar refractivity (Wildman–Crippen MR) is 93.5 cm³/mol. The normalized spacial score (nSPS) is 12.8. The highest BCUT2D eigenvalue weighted by Crippen LogP contribution is 2.34. The third kappa shape index (κ3) is 11.1. The summed E-state index contributed by atoms with van der Waals surface area (Å²) in [6.45, 7) is 2.22. The van der Waals surface area contributed by atoms with Gasteiger partial charge in [0, 0.05) is 6.07 Å². The second-order valence-electron chi connectivity index (χ2n) is 6.49. The molecule has 4 nitrogen and oxygen atoms in total. The van der Waals surface area contributed by atoms with E-state index in [1.807, 2.05) is 6.92 Å². The highest BCUT2D eigenvalue weighted by molar-refractivity contribution is 5.44. The lowest BCUT2D eigenvalue weighted by Gasteiger charge is -2.12. The summed E-state index contributed by atoms with van der Waals surface area (Å²) in [6.07, 6.45) is 4.44. The number of halogens is 3. The number of hydrogen-bond acceptors (Lipinski definition) is 4. The standard InChI is InChI=1S/C19H29F3O4/c1-15(23)10-8-6-4-2-3-5-7-9-13-25-16-11-12-17(24)18(14-16)26-19(20,21)22/h11-12,14-15,23-24H,2-10,13H2,1H3. The van der Waals surface area contributed by atoms with Gasteiger partial charge in [0.1, 0.15) is 5.75 Å². The van der Waals surface area contributed by atoms with Crippen molar-refractivity contribution < 1.29 is 32.9 Å². The topological polar surface area (TPSA) is 58.9 Å². The number of phenols is 1. The molecule has 26 heavy (non-hydrogen) atoms. The van der Waals surface area contributed by atoms with Crippen LogP contribution >= 0.6 is 0 Å². The molecule has 0 aliphatic heterocycles. The Labute approximate surface area is 152 Å². The molecule has 7 heteroatoms. The molecule has 0 amide bonds. The summed E-state index contributed by atoms with van der Waals surface area (Å²) in [5.74, 6) is -1.01. The van der Waals surface area contributed by atoms with Gasteiger partial charge < -0.3 is 19.7 Å². The van der Waals surface area contributed by atoms with E-state index in [0.29, 0.717) is 6.61 Å². The average molecular weight is 378 g/mol. The van der Waals surface area contributed by atoms with E-state index in [2.05, 4.69) is 4.74 Å². The van der Waals surface area contributed by atoms with Crippen molar-refractivity contribution in [3.05, 3.63) is 18.2 Å². The van der Waals surface area contributed by atoms with Gasteiger partial charge in [-0.15, -0.1) is 13.2 Å². The lowest BCUT2D eigenvalue weighted by molar-refractivity contribution is -0.275. The fraction of sp³-hybridized carbons (Fsp3) is 0.684. The zero-order valence-corrected chi connectivity index (χ0v) is 15.2. The van der Waals surface area contributed by atoms with Crippen LogP contribution in [0.15, 0.2) is 18.2 Å². The molecule has 0 saturated heterocycles. The van der Waals surface area contributed by atoms with Crippen molar-refractivity contribution in [3.63, 3.8) is 0 Å². The molecule has 1 rings (SSSR count). The quantitative estimate of drug-likeness (QED) is 0.441. The Morgan fingerprint density at radius 2 is 1.54 bits per heavy atom. The Morgan fingerprint density at radius 3 is 2.12 bits per heavy atom. The van der Waals surface area contributed by atoms with Gasteiger partial charge in [0.25, 0.3) is 0 Å². The van der Waals surface area contributed by atoms with Crippen LogP contribution in [0.4, 0.5) is 13.2 Å². The molecule has 0 bridgehead atoms. The number of aliphatic hydroxyl groups is 1. The maximum Gasteiger partial charge on any atom is 0.573 e. The van der Waals surface area contributed by atoms with Crippen molar-refractivity contribution in [1.82, 2.24) is 0 Å². The fourth-order valence-corrected chi connectivity index (χ4v) is 2.58. The Morgan fingerprint density at radius 1 is 0.962 bits per heavy atom. The Bertz CT molecular complexity index is 504. The zero-order chi connectivity index (χ0) is 19.4. The summed E-state index contributed by atoms with van der Waals surface area (Å²) in [6, 6.07) is 3.57. The molecule has 0 aromatic heterocycles. The highest BCUT2D eigenvalue weighted by Gasteiger charge is 2.32. The molecule has 0 heterocycles. The molecule has 0 aliphatic carbocycles. The molecule has 1 atom stereocenters. The van der Waals surface area contributed by atoms with E-state index in [1.165, 1.54) is 18.9 Å². The van der Waals surface area contributed by atoms with E-state index < -0.39 is 17.9 Å². The summed E-state index contributed by atoms with van der Waals surface area (Å²) in [7, 11) is 0. The zero-order valence-electron chi connectivity index (χ0n) is 15.2. The summed E-state index contributed by atoms with van der Waals surface area (Å²) < 4.78 is 45.8. The number of phenolic OH excluding ortho intramolecular Hbond substituents is 1. The number of benzene rings is 1. The summed E-state index contributed by atoms with van der Waals surface area (Å²) in [5.41, 5.74) is 0. The number of hydrogen-bond donors (Lipinski definition) is 2. The minimum Gasteiger partial charge on any atom is -0.504 e. The van der Waals surface area contributed by atoms with Gasteiger partial charge in [-0.25, -0.2) is 0 Å². The fourth-order valence-electron chi connectivity index (χ4n) is 2.58. The SMILES string of the molecule is CC(O)CCCCCCCCCCOc1ccc(O)c(OC(F)(F)F)c1. The van der Waals surface area contributed by atoms with Crippen molar-refractivity contribution in [1.29, 1.82) is 0 Å². The summed E-state index contributed by atoms with van der Waals surface area (Å²) in [4.78, 5) is 0. The number of rotatable bonds is 13. The maximum absolute atomic E-state index is 12.2. The number of alkyl halides is 3. The largest absolute Gasteiger partial charge is 0.573 e. The first-order valence-corrected chi connectivity index (χ1v) is 9.17. The first-order chi connectivity index (χ1) is 12.3. The van der Waals surface area contributed by atoms with Crippen molar-refractivity contribution in [2.45, 2.75) is 77.2 Å². The monoisotopic (exact) mass is 378 g/mol. The number of aromatic hydroxyl groups is 1. The lowest BCUT2D eigenvalue weighted by Crippen LogP contribution is -2.17. The van der Waals surface area contributed by atoms with Gasteiger partial charge >= 0.3 is 6.36 Å². The van der Waals surface area contributed by atoms with E-state index in [4.69, 9.17) is 9.84 Å². The van der Waals surface area contributed by atoms with Crippen LogP contribution in [-0.2, 0) is 0 Å². The smallest absolute Gasteiger partial charge is 0.504 e. The van der Waals surface area contributed by atoms with Crippen LogP contribution in [0.5, 0.6) is 17.2 Å². The average Bonchev–Trinajstić information content (AvgIpc) is 2.54. The first-order valence-electron chi connectivity index (χ1n) is 9.17. The van der Waals surface area contributed by atoms with Crippen molar-refractivity contribution in [2.24, 2.45) is 0 Å². The Kier molecular flexibility index (Phi) is 10.2. The van der Waals surface area contributed by atoms with E-state index in [-0.39, 0.29) is 11.9 Å². The molecule has 150 valence electrons. The molecule has 0 aliphatic rings. The summed E-state index contributed by atoms with van der Waals surface area (Å²) in [5, 5.41) is 18.5. The maximum atomic E-state index is 12.2. The van der Waals surface area contributed by atoms with Gasteiger partial charge in [-0.2, -0.15) is 0 Å². The van der Waals surface area contributed by atoms with E-state index in [9.17, 15) is 18.3 Å². The molecule has 1 aromatic rings. The van der Waals surface area contributed by atoms with Crippen LogP contribution in [-0.4, -0.2) is 29.3 Å². The van der Waals surface area contributed by atoms with Crippen LogP contribution in [0.25, 0.3) is 0 Å². The Balaban J connectivity index is 2.10. The molecule has 0 spiro atoms. The minimum atomic E-state index is -4.85. The molecule has 0 fully saturated rings. The number of ether oxygens (including phenoxy) is 2. The number of unbranched alkanes of at least 4 members (excludes halogenated alkanes) is 7. The van der Waals surface area contributed by atoms with E-state index in [0.717, 1.165) is 57.1 Å². The van der Waals surface area contributed by atoms with Crippen molar-refractivity contribution in [2.75, 3.05) is 6.61 Å². The second kappa shape index (κ2) is 11.9. The van der Waals surface area contributed by atoms with Gasteiger partial charge in [0.05, 0.1) is 12.7 Å². The third-order valence-electron chi connectivity index (χ3n) is 3.94. The van der Waals surface area contributed by atoms with Crippen LogP contribution < -0.4 is 9.47 Å². The third-order valence-corrected chi connectivity index (χ3v) is 3.94. The number of aliphatic hydroxyl groups excluding tert-OH is 1. The summed E-state index contributed by atoms with van der Waals surface area (Å²) >= 11 is 0. The molecule has 1 unspecified atom stereocenters. The van der Waals surface area contributed by atoms with Gasteiger partial charge in [0.15, 0.2) is 11.5 Å². The van der Waals surface area contributed by atoms with Crippen LogP contribution in [0.3, 0.4) is 0 Å². The van der Waals surface area contributed by atoms with E-state index >= 15 is 0 Å². The van der Waals surface area contributed by atoms with Gasteiger partial charge in [-0.05, 0) is 31.9 Å². The van der Waals surface area contributed by atoms with Gasteiger partial charge in [-0.3, -0.25) is 0 Å². The lowest BCUT2D eigenvalue weighted by atomic mass is 10.1. The van der Waals surface area contributed by atoms with E-state index in [1.54, 1.807) is 0 Å². The molecule has 0 saturated carbocycles. The minimum absolute atomic E-state index is 0.209. The van der Waals surface area contributed by atoms with Crippen LogP contribution in [0.1, 0.15) is 64.7 Å². The molecule has 0 radical (unpaired) electrons. The Hall–Kier alpha value is -1.63. The van der Waals surface area contributed by atoms with Crippen LogP contribution in [0.2, 0.25) is 0 Å². The first kappa shape index (κ1) is 22.4. The van der Waals surface area contributed by atoms with Crippen LogP contribution in [0, 0.1) is 0 Å². The van der Waals surface area contributed by atoms with Crippen molar-refractivity contribution in [3.8, 4) is 17.2 Å². The second-order valence-corrected chi connectivity index (χ2v) is 6.49. The molecule has 1 aromatic carbocycles. The van der Waals surface area contributed by atoms with Gasteiger partial charge in [0.2, 0.25) is 0 Å². The molecular weight excluding hydrogens is 349 g/mol. The molecule has 2 N–H and O–H groups in total. The predicted octanol–water partition coefficient (Wildman–Crippen LogP) is 5.56. The highest BCUT2D eigenvalue weighted by atomic mass is 19.4.